The zero-order valence-electron chi connectivity index (χ0n) is 11.9. The topological polar surface area (TPSA) is 96.2 Å². The number of carboxylic acids is 1. The van der Waals surface area contributed by atoms with E-state index in [9.17, 15) is 9.59 Å². The SMILES string of the molecule is C=C[C@@H]1C[C@H](C(=O)O)NC1[C@H](Cn1ccnc1)NC(C)=O. The molecule has 0 radical (unpaired) electrons. The molecule has 4 atom stereocenters. The maximum absolute atomic E-state index is 11.4. The summed E-state index contributed by atoms with van der Waals surface area (Å²) in [7, 11) is 0. The average molecular weight is 292 g/mol. The Kier molecular flexibility index (Phi) is 4.74. The summed E-state index contributed by atoms with van der Waals surface area (Å²) in [4.78, 5) is 26.6. The first-order valence-corrected chi connectivity index (χ1v) is 6.85. The van der Waals surface area contributed by atoms with Gasteiger partial charge in [0.05, 0.1) is 12.4 Å². The lowest BCUT2D eigenvalue weighted by Gasteiger charge is -2.28. The summed E-state index contributed by atoms with van der Waals surface area (Å²) in [5, 5.41) is 15.1. The van der Waals surface area contributed by atoms with E-state index in [1.54, 1.807) is 24.8 Å². The Labute approximate surface area is 123 Å². The fourth-order valence-electron chi connectivity index (χ4n) is 2.80. The summed E-state index contributed by atoms with van der Waals surface area (Å²) in [6, 6.07) is -1.02. The first kappa shape index (κ1) is 15.2. The molecule has 2 heterocycles. The minimum absolute atomic E-state index is 0.00790. The van der Waals surface area contributed by atoms with Gasteiger partial charge in [0.1, 0.15) is 6.04 Å². The van der Waals surface area contributed by atoms with Gasteiger partial charge in [-0.25, -0.2) is 4.98 Å². The van der Waals surface area contributed by atoms with Crippen molar-refractivity contribution >= 4 is 11.9 Å². The van der Waals surface area contributed by atoms with Crippen LogP contribution in [0.2, 0.25) is 0 Å². The molecule has 1 amide bonds. The molecule has 1 aliphatic heterocycles. The van der Waals surface area contributed by atoms with E-state index in [0.29, 0.717) is 13.0 Å². The molecular weight excluding hydrogens is 272 g/mol. The number of aromatic nitrogens is 2. The first-order chi connectivity index (χ1) is 10.0. The highest BCUT2D eigenvalue weighted by Gasteiger charge is 2.40. The van der Waals surface area contributed by atoms with Gasteiger partial charge in [-0.05, 0) is 12.3 Å². The van der Waals surface area contributed by atoms with Crippen LogP contribution in [0, 0.1) is 5.92 Å². The summed E-state index contributed by atoms with van der Waals surface area (Å²) >= 11 is 0. The molecule has 1 unspecified atom stereocenters. The highest BCUT2D eigenvalue weighted by atomic mass is 16.4. The number of rotatable bonds is 6. The zero-order valence-corrected chi connectivity index (χ0v) is 11.9. The van der Waals surface area contributed by atoms with Gasteiger partial charge < -0.3 is 15.0 Å². The van der Waals surface area contributed by atoms with E-state index >= 15 is 0 Å². The van der Waals surface area contributed by atoms with E-state index in [1.165, 1.54) is 6.92 Å². The van der Waals surface area contributed by atoms with Crippen LogP contribution >= 0.6 is 0 Å². The lowest BCUT2D eigenvalue weighted by Crippen LogP contribution is -2.53. The van der Waals surface area contributed by atoms with Crippen molar-refractivity contribution in [1.29, 1.82) is 0 Å². The molecule has 3 N–H and O–H groups in total. The van der Waals surface area contributed by atoms with Crippen LogP contribution in [-0.4, -0.2) is 44.7 Å². The molecule has 0 spiro atoms. The van der Waals surface area contributed by atoms with Crippen LogP contribution in [0.25, 0.3) is 0 Å². The molecule has 21 heavy (non-hydrogen) atoms. The van der Waals surface area contributed by atoms with E-state index in [2.05, 4.69) is 22.2 Å². The molecular formula is C14H20N4O3. The zero-order chi connectivity index (χ0) is 15.4. The van der Waals surface area contributed by atoms with Crippen molar-refractivity contribution in [1.82, 2.24) is 20.2 Å². The van der Waals surface area contributed by atoms with Crippen LogP contribution in [-0.2, 0) is 16.1 Å². The Hall–Kier alpha value is -2.15. The van der Waals surface area contributed by atoms with Crippen molar-refractivity contribution in [2.24, 2.45) is 5.92 Å². The second kappa shape index (κ2) is 6.53. The molecule has 1 aliphatic rings. The number of amides is 1. The molecule has 1 fully saturated rings. The number of imidazole rings is 1. The third-order valence-corrected chi connectivity index (χ3v) is 3.75. The minimum atomic E-state index is -0.881. The molecule has 1 aromatic rings. The summed E-state index contributed by atoms with van der Waals surface area (Å²) in [6.07, 6.45) is 7.37. The number of hydrogen-bond donors (Lipinski definition) is 3. The molecule has 0 aliphatic carbocycles. The Morgan fingerprint density at radius 1 is 1.67 bits per heavy atom. The molecule has 2 rings (SSSR count). The van der Waals surface area contributed by atoms with Crippen LogP contribution in [0.15, 0.2) is 31.4 Å². The normalized spacial score (nSPS) is 26.2. The van der Waals surface area contributed by atoms with Crippen molar-refractivity contribution in [3.05, 3.63) is 31.4 Å². The van der Waals surface area contributed by atoms with Crippen LogP contribution in [0.3, 0.4) is 0 Å². The lowest BCUT2D eigenvalue weighted by molar-refractivity contribution is -0.139. The molecule has 7 heteroatoms. The molecule has 7 nitrogen and oxygen atoms in total. The second-order valence-corrected chi connectivity index (χ2v) is 5.29. The summed E-state index contributed by atoms with van der Waals surface area (Å²) in [5.74, 6) is -1.04. The van der Waals surface area contributed by atoms with Crippen molar-refractivity contribution < 1.29 is 14.7 Å². The molecule has 1 saturated heterocycles. The Balaban J connectivity index is 2.16. The number of nitrogens with zero attached hydrogens (tertiary/aromatic N) is 2. The van der Waals surface area contributed by atoms with Gasteiger partial charge in [0.25, 0.3) is 0 Å². The molecule has 0 bridgehead atoms. The van der Waals surface area contributed by atoms with Crippen molar-refractivity contribution in [2.75, 3.05) is 0 Å². The number of hydrogen-bond acceptors (Lipinski definition) is 4. The number of nitrogens with one attached hydrogen (secondary N) is 2. The van der Waals surface area contributed by atoms with Crippen LogP contribution in [0.4, 0.5) is 0 Å². The van der Waals surface area contributed by atoms with E-state index in [-0.39, 0.29) is 23.9 Å². The third-order valence-electron chi connectivity index (χ3n) is 3.75. The minimum Gasteiger partial charge on any atom is -0.480 e. The molecule has 0 saturated carbocycles. The van der Waals surface area contributed by atoms with E-state index < -0.39 is 12.0 Å². The predicted molar refractivity (Wildman–Crippen MR) is 76.5 cm³/mol. The predicted octanol–water partition coefficient (Wildman–Crippen LogP) is 0.00510. The number of carbonyl (C=O) groups is 2. The Morgan fingerprint density at radius 2 is 2.43 bits per heavy atom. The highest BCUT2D eigenvalue weighted by molar-refractivity contribution is 5.75. The summed E-state index contributed by atoms with van der Waals surface area (Å²) < 4.78 is 1.86. The first-order valence-electron chi connectivity index (χ1n) is 6.85. The van der Waals surface area contributed by atoms with Gasteiger partial charge in [-0.3, -0.25) is 14.9 Å². The quantitative estimate of drug-likeness (QED) is 0.642. The number of carbonyl (C=O) groups excluding carboxylic acids is 1. The molecule has 1 aromatic heterocycles. The summed E-state index contributed by atoms with van der Waals surface area (Å²) in [6.45, 7) is 5.75. The molecule has 114 valence electrons. The van der Waals surface area contributed by atoms with E-state index in [0.717, 1.165) is 0 Å². The largest absolute Gasteiger partial charge is 0.480 e. The molecule has 0 aromatic carbocycles. The maximum Gasteiger partial charge on any atom is 0.320 e. The highest BCUT2D eigenvalue weighted by Crippen LogP contribution is 2.25. The lowest BCUT2D eigenvalue weighted by atomic mass is 9.93. The third kappa shape index (κ3) is 3.69. The maximum atomic E-state index is 11.4. The van der Waals surface area contributed by atoms with E-state index in [1.807, 2.05) is 4.57 Å². The van der Waals surface area contributed by atoms with Gasteiger partial charge in [0, 0.05) is 31.9 Å². The van der Waals surface area contributed by atoms with Crippen molar-refractivity contribution in [3.8, 4) is 0 Å². The fourth-order valence-corrected chi connectivity index (χ4v) is 2.80. The Morgan fingerprint density at radius 3 is 2.95 bits per heavy atom. The average Bonchev–Trinajstić information content (AvgIpc) is 3.05. The van der Waals surface area contributed by atoms with Gasteiger partial charge in [-0.15, -0.1) is 6.58 Å². The van der Waals surface area contributed by atoms with Gasteiger partial charge in [0.15, 0.2) is 0 Å². The van der Waals surface area contributed by atoms with Gasteiger partial charge >= 0.3 is 5.97 Å². The van der Waals surface area contributed by atoms with Gasteiger partial charge in [-0.2, -0.15) is 0 Å². The number of aliphatic carboxylic acids is 1. The smallest absolute Gasteiger partial charge is 0.320 e. The number of carboxylic acid groups (broad SMARTS) is 1. The fraction of sp³-hybridized carbons (Fsp3) is 0.500. The van der Waals surface area contributed by atoms with E-state index in [4.69, 9.17) is 5.11 Å². The van der Waals surface area contributed by atoms with Crippen LogP contribution in [0.5, 0.6) is 0 Å². The van der Waals surface area contributed by atoms with Crippen LogP contribution in [0.1, 0.15) is 13.3 Å². The van der Waals surface area contributed by atoms with Gasteiger partial charge in [-0.1, -0.05) is 6.08 Å². The standard InChI is InChI=1S/C14H20N4O3/c1-3-10-6-11(14(20)21)17-13(10)12(16-9(2)19)7-18-5-4-15-8-18/h3-5,8,10-13,17H,1,6-7H2,2H3,(H,16,19)(H,20,21)/t10-,11-,12+,13?/m1/s1. The second-order valence-electron chi connectivity index (χ2n) is 5.29. The monoisotopic (exact) mass is 292 g/mol. The van der Waals surface area contributed by atoms with Crippen molar-refractivity contribution in [3.63, 3.8) is 0 Å². The van der Waals surface area contributed by atoms with Gasteiger partial charge in [0.2, 0.25) is 5.91 Å². The summed E-state index contributed by atoms with van der Waals surface area (Å²) in [5.41, 5.74) is 0. The Bertz CT molecular complexity index is 514. The van der Waals surface area contributed by atoms with Crippen LogP contribution < -0.4 is 10.6 Å². The van der Waals surface area contributed by atoms with Crippen molar-refractivity contribution in [2.45, 2.75) is 38.0 Å².